The third-order valence-electron chi connectivity index (χ3n) is 3.66. The first kappa shape index (κ1) is 16.7. The van der Waals surface area contributed by atoms with E-state index in [0.717, 1.165) is 0 Å². The molecule has 1 saturated heterocycles. The van der Waals surface area contributed by atoms with Crippen LogP contribution in [0.3, 0.4) is 0 Å². The van der Waals surface area contributed by atoms with Crippen molar-refractivity contribution >= 4 is 23.6 Å². The molecule has 0 aliphatic carbocycles. The topological polar surface area (TPSA) is 86.3 Å². The van der Waals surface area contributed by atoms with E-state index in [1.54, 1.807) is 23.6 Å². The van der Waals surface area contributed by atoms with Crippen LogP contribution in [0.15, 0.2) is 29.4 Å². The Labute approximate surface area is 143 Å². The first-order chi connectivity index (χ1) is 11.6. The molecule has 9 heteroatoms. The van der Waals surface area contributed by atoms with Gasteiger partial charge in [0.15, 0.2) is 5.16 Å². The molecule has 24 heavy (non-hydrogen) atoms. The molecule has 1 atom stereocenters. The number of anilines is 1. The van der Waals surface area contributed by atoms with Gasteiger partial charge < -0.3 is 15.4 Å². The fourth-order valence-electron chi connectivity index (χ4n) is 2.36. The van der Waals surface area contributed by atoms with Crippen molar-refractivity contribution in [3.63, 3.8) is 0 Å². The number of ether oxygens (including phenoxy) is 1. The Kier molecular flexibility index (Phi) is 5.00. The molecule has 0 spiro atoms. The van der Waals surface area contributed by atoms with Gasteiger partial charge in [-0.05, 0) is 25.1 Å². The molecule has 1 aromatic heterocycles. The number of morpholine rings is 1. The van der Waals surface area contributed by atoms with E-state index in [0.29, 0.717) is 43.1 Å². The van der Waals surface area contributed by atoms with Crippen molar-refractivity contribution < 1.29 is 13.9 Å². The summed E-state index contributed by atoms with van der Waals surface area (Å²) in [5.74, 6) is -0.196. The number of nitrogens with zero attached hydrogens (tertiary/aromatic N) is 4. The number of thioether (sulfide) groups is 1. The fourth-order valence-corrected chi connectivity index (χ4v) is 3.18. The highest BCUT2D eigenvalue weighted by Gasteiger charge is 2.24. The first-order valence-electron chi connectivity index (χ1n) is 7.56. The number of nitrogens with two attached hydrogens (primary N) is 1. The molecule has 1 aliphatic rings. The third-order valence-corrected chi connectivity index (χ3v) is 4.72. The van der Waals surface area contributed by atoms with Gasteiger partial charge in [0.25, 0.3) is 0 Å². The van der Waals surface area contributed by atoms with Crippen LogP contribution in [0.1, 0.15) is 6.92 Å². The lowest BCUT2D eigenvalue weighted by Crippen LogP contribution is -2.38. The molecule has 128 valence electrons. The number of hydrogen-bond donors (Lipinski definition) is 1. The molecule has 2 aromatic rings. The van der Waals surface area contributed by atoms with Crippen molar-refractivity contribution in [3.05, 3.63) is 30.1 Å². The molecular formula is C15H18FN5O2S. The number of carbonyl (C=O) groups excluding carboxylic acids is 1. The van der Waals surface area contributed by atoms with Gasteiger partial charge in [-0.3, -0.25) is 9.36 Å². The Bertz CT molecular complexity index is 732. The molecule has 3 rings (SSSR count). The first-order valence-corrected chi connectivity index (χ1v) is 8.44. The van der Waals surface area contributed by atoms with Crippen molar-refractivity contribution in [2.75, 3.05) is 31.2 Å². The van der Waals surface area contributed by atoms with Gasteiger partial charge in [-0.2, -0.15) is 0 Å². The summed E-state index contributed by atoms with van der Waals surface area (Å²) in [6, 6.07) is 6.18. The van der Waals surface area contributed by atoms with Gasteiger partial charge in [-0.25, -0.2) is 4.39 Å². The highest BCUT2D eigenvalue weighted by Crippen LogP contribution is 2.29. The summed E-state index contributed by atoms with van der Waals surface area (Å²) in [7, 11) is 0. The molecule has 2 heterocycles. The summed E-state index contributed by atoms with van der Waals surface area (Å²) < 4.78 is 20.8. The van der Waals surface area contributed by atoms with Crippen LogP contribution in [0.25, 0.3) is 5.69 Å². The fraction of sp³-hybridized carbons (Fsp3) is 0.400. The average molecular weight is 351 g/mol. The quantitative estimate of drug-likeness (QED) is 0.815. The number of carbonyl (C=O) groups is 1. The number of halogens is 1. The van der Waals surface area contributed by atoms with Gasteiger partial charge in [0.05, 0.1) is 24.2 Å². The number of hydrogen-bond acceptors (Lipinski definition) is 6. The molecule has 0 unspecified atom stereocenters. The Morgan fingerprint density at radius 2 is 2.12 bits per heavy atom. The minimum atomic E-state index is -0.473. The van der Waals surface area contributed by atoms with E-state index in [1.807, 2.05) is 4.90 Å². The van der Waals surface area contributed by atoms with Crippen molar-refractivity contribution in [3.8, 4) is 5.69 Å². The summed E-state index contributed by atoms with van der Waals surface area (Å²) in [6.45, 7) is 4.23. The zero-order valence-corrected chi connectivity index (χ0v) is 14.0. The lowest BCUT2D eigenvalue weighted by Gasteiger charge is -2.28. The van der Waals surface area contributed by atoms with Gasteiger partial charge in [-0.1, -0.05) is 17.8 Å². The predicted octanol–water partition coefficient (Wildman–Crippen LogP) is 1.21. The Morgan fingerprint density at radius 3 is 2.79 bits per heavy atom. The SMILES string of the molecule is C[C@@H](Sc1nnc(N2CCOCC2)n1-c1cccc(F)c1)C(N)=O. The third kappa shape index (κ3) is 3.51. The van der Waals surface area contributed by atoms with Crippen LogP contribution in [0.5, 0.6) is 0 Å². The number of primary amides is 1. The van der Waals surface area contributed by atoms with E-state index in [9.17, 15) is 9.18 Å². The molecule has 0 radical (unpaired) electrons. The average Bonchev–Trinajstić information content (AvgIpc) is 2.99. The van der Waals surface area contributed by atoms with Gasteiger partial charge in [0.2, 0.25) is 11.9 Å². The highest BCUT2D eigenvalue weighted by atomic mass is 32.2. The number of aromatic nitrogens is 3. The zero-order chi connectivity index (χ0) is 17.1. The molecule has 1 fully saturated rings. The maximum absolute atomic E-state index is 13.7. The number of benzene rings is 1. The minimum absolute atomic E-state index is 0.354. The van der Waals surface area contributed by atoms with Gasteiger partial charge in [0, 0.05) is 13.1 Å². The van der Waals surface area contributed by atoms with Crippen LogP contribution in [0.4, 0.5) is 10.3 Å². The summed E-state index contributed by atoms with van der Waals surface area (Å²) in [4.78, 5) is 13.4. The lowest BCUT2D eigenvalue weighted by atomic mass is 10.3. The van der Waals surface area contributed by atoms with Gasteiger partial charge in [-0.15, -0.1) is 10.2 Å². The van der Waals surface area contributed by atoms with Crippen LogP contribution < -0.4 is 10.6 Å². The summed E-state index contributed by atoms with van der Waals surface area (Å²) in [5, 5.41) is 8.45. The van der Waals surface area contributed by atoms with E-state index in [2.05, 4.69) is 10.2 Å². The molecule has 7 nitrogen and oxygen atoms in total. The smallest absolute Gasteiger partial charge is 0.232 e. The highest BCUT2D eigenvalue weighted by molar-refractivity contribution is 8.00. The Morgan fingerprint density at radius 1 is 1.38 bits per heavy atom. The second-order valence-electron chi connectivity index (χ2n) is 5.36. The van der Waals surface area contributed by atoms with Gasteiger partial charge in [0.1, 0.15) is 5.82 Å². The van der Waals surface area contributed by atoms with Crippen molar-refractivity contribution in [1.29, 1.82) is 0 Å². The zero-order valence-electron chi connectivity index (χ0n) is 13.2. The summed E-state index contributed by atoms with van der Waals surface area (Å²) in [6.07, 6.45) is 0. The van der Waals surface area contributed by atoms with Crippen LogP contribution in [0, 0.1) is 5.82 Å². The van der Waals surface area contributed by atoms with Crippen molar-refractivity contribution in [2.24, 2.45) is 5.73 Å². The van der Waals surface area contributed by atoms with Crippen molar-refractivity contribution in [2.45, 2.75) is 17.3 Å². The molecule has 1 aliphatic heterocycles. The summed E-state index contributed by atoms with van der Waals surface area (Å²) >= 11 is 1.20. The van der Waals surface area contributed by atoms with Crippen LogP contribution >= 0.6 is 11.8 Å². The van der Waals surface area contributed by atoms with Crippen molar-refractivity contribution in [1.82, 2.24) is 14.8 Å². The lowest BCUT2D eigenvalue weighted by molar-refractivity contribution is -0.117. The summed E-state index contributed by atoms with van der Waals surface area (Å²) in [5.41, 5.74) is 5.94. The Balaban J connectivity index is 2.02. The van der Waals surface area contributed by atoms with E-state index >= 15 is 0 Å². The largest absolute Gasteiger partial charge is 0.378 e. The number of rotatable bonds is 5. The second kappa shape index (κ2) is 7.18. The standard InChI is InChI=1S/C15H18FN5O2S/c1-10(13(17)22)24-15-19-18-14(20-5-7-23-8-6-20)21(15)12-4-2-3-11(16)9-12/h2-4,9-10H,5-8H2,1H3,(H2,17,22)/t10-/m1/s1. The molecule has 1 amide bonds. The van der Waals surface area contributed by atoms with Crippen LogP contribution in [-0.4, -0.2) is 52.2 Å². The molecule has 0 saturated carbocycles. The Hall–Kier alpha value is -2.13. The molecule has 2 N–H and O–H groups in total. The monoisotopic (exact) mass is 351 g/mol. The van der Waals surface area contributed by atoms with Gasteiger partial charge >= 0.3 is 0 Å². The van der Waals surface area contributed by atoms with E-state index < -0.39 is 11.2 Å². The van der Waals surface area contributed by atoms with E-state index in [-0.39, 0.29) is 5.82 Å². The molecular weight excluding hydrogens is 333 g/mol. The van der Waals surface area contributed by atoms with Crippen LogP contribution in [-0.2, 0) is 9.53 Å². The maximum Gasteiger partial charge on any atom is 0.232 e. The van der Waals surface area contributed by atoms with Crippen LogP contribution in [0.2, 0.25) is 0 Å². The normalized spacial score (nSPS) is 16.2. The van der Waals surface area contributed by atoms with E-state index in [4.69, 9.17) is 10.5 Å². The number of amides is 1. The van der Waals surface area contributed by atoms with E-state index in [1.165, 1.54) is 23.9 Å². The molecule has 0 bridgehead atoms. The minimum Gasteiger partial charge on any atom is -0.378 e. The second-order valence-corrected chi connectivity index (χ2v) is 6.67. The molecule has 1 aromatic carbocycles. The maximum atomic E-state index is 13.7. The predicted molar refractivity (Wildman–Crippen MR) is 88.9 cm³/mol.